The summed E-state index contributed by atoms with van der Waals surface area (Å²) in [6, 6.07) is 67.1. The third-order valence-electron chi connectivity index (χ3n) is 12.6. The highest BCUT2D eigenvalue weighted by Crippen LogP contribution is 2.53. The molecule has 10 aromatic carbocycles. The molecule has 0 saturated carbocycles. The average molecular weight is 713 g/mol. The number of hydrogen-bond acceptors (Lipinski definition) is 1. The summed E-state index contributed by atoms with van der Waals surface area (Å²) in [6.07, 6.45) is 0. The molecule has 0 radical (unpaired) electrons. The van der Waals surface area contributed by atoms with Crippen LogP contribution in [-0.2, 0) is 5.41 Å². The summed E-state index contributed by atoms with van der Waals surface area (Å²) >= 11 is 0. The Balaban J connectivity index is 1.04. The molecule has 1 aromatic heterocycles. The van der Waals surface area contributed by atoms with E-state index in [1.54, 1.807) is 0 Å². The zero-order valence-corrected chi connectivity index (χ0v) is 31.2. The Kier molecular flexibility index (Phi) is 6.46. The molecule has 1 aliphatic rings. The van der Waals surface area contributed by atoms with E-state index >= 15 is 0 Å². The van der Waals surface area contributed by atoms with Crippen molar-refractivity contribution < 1.29 is 4.42 Å². The Bertz CT molecular complexity index is 3390. The van der Waals surface area contributed by atoms with Gasteiger partial charge in [-0.25, -0.2) is 0 Å². The molecule has 56 heavy (non-hydrogen) atoms. The van der Waals surface area contributed by atoms with Crippen LogP contribution in [0.3, 0.4) is 0 Å². The second-order valence-corrected chi connectivity index (χ2v) is 16.0. The third kappa shape index (κ3) is 4.43. The lowest BCUT2D eigenvalue weighted by Crippen LogP contribution is -2.14. The average Bonchev–Trinajstić information content (AvgIpc) is 3.71. The van der Waals surface area contributed by atoms with E-state index in [2.05, 4.69) is 196 Å². The van der Waals surface area contributed by atoms with Crippen LogP contribution in [0.5, 0.6) is 0 Å². The largest absolute Gasteiger partial charge is 0.456 e. The van der Waals surface area contributed by atoms with Gasteiger partial charge >= 0.3 is 0 Å². The van der Waals surface area contributed by atoms with E-state index in [1.165, 1.54) is 98.5 Å². The van der Waals surface area contributed by atoms with Crippen LogP contribution in [0.25, 0.3) is 110 Å². The van der Waals surface area contributed by atoms with E-state index in [0.717, 1.165) is 22.1 Å². The molecule has 0 aliphatic heterocycles. The molecule has 1 aliphatic carbocycles. The Hall–Kier alpha value is -6.96. The highest BCUT2D eigenvalue weighted by Gasteiger charge is 2.37. The first kappa shape index (κ1) is 31.4. The van der Waals surface area contributed by atoms with E-state index in [4.69, 9.17) is 4.42 Å². The van der Waals surface area contributed by atoms with Gasteiger partial charge in [-0.05, 0) is 135 Å². The molecule has 0 bridgehead atoms. The summed E-state index contributed by atoms with van der Waals surface area (Å²) in [5.74, 6) is 0. The molecular formula is C55H36O. The highest BCUT2D eigenvalue weighted by molar-refractivity contribution is 6.22. The van der Waals surface area contributed by atoms with Gasteiger partial charge in [0.25, 0.3) is 0 Å². The molecule has 0 N–H and O–H groups in total. The Morgan fingerprint density at radius 3 is 1.61 bits per heavy atom. The van der Waals surface area contributed by atoms with Crippen molar-refractivity contribution in [3.63, 3.8) is 0 Å². The molecule has 0 spiro atoms. The van der Waals surface area contributed by atoms with Crippen molar-refractivity contribution in [2.45, 2.75) is 19.3 Å². The maximum absolute atomic E-state index is 6.83. The zero-order valence-electron chi connectivity index (χ0n) is 31.2. The lowest BCUT2D eigenvalue weighted by Gasteiger charge is -2.21. The molecule has 1 nitrogen and oxygen atoms in total. The van der Waals surface area contributed by atoms with Crippen LogP contribution in [0.2, 0.25) is 0 Å². The van der Waals surface area contributed by atoms with Crippen LogP contribution in [0.15, 0.2) is 186 Å². The topological polar surface area (TPSA) is 13.1 Å². The van der Waals surface area contributed by atoms with E-state index in [-0.39, 0.29) is 5.41 Å². The SMILES string of the molecule is CC1(C)c2cc3c(cc2-c2c1ccc1ccccc21)oc1cc(-c2c4ccccc4c(-c4cccc(-c5ccc6ccccc6c5)c4)c4ccccc24)ccc13. The summed E-state index contributed by atoms with van der Waals surface area (Å²) in [7, 11) is 0. The first-order valence-electron chi connectivity index (χ1n) is 19.6. The van der Waals surface area contributed by atoms with Crippen molar-refractivity contribution in [3.05, 3.63) is 193 Å². The fraction of sp³-hybridized carbons (Fsp3) is 0.0545. The van der Waals surface area contributed by atoms with Crippen LogP contribution in [-0.4, -0.2) is 0 Å². The molecule has 0 amide bonds. The Morgan fingerprint density at radius 1 is 0.321 bits per heavy atom. The van der Waals surface area contributed by atoms with E-state index in [0.29, 0.717) is 0 Å². The molecule has 0 unspecified atom stereocenters. The monoisotopic (exact) mass is 712 g/mol. The molecule has 262 valence electrons. The van der Waals surface area contributed by atoms with Crippen molar-refractivity contribution in [1.29, 1.82) is 0 Å². The summed E-state index contributed by atoms with van der Waals surface area (Å²) in [6.45, 7) is 4.72. The van der Waals surface area contributed by atoms with Crippen molar-refractivity contribution in [2.75, 3.05) is 0 Å². The van der Waals surface area contributed by atoms with Crippen LogP contribution in [0.1, 0.15) is 25.0 Å². The lowest BCUT2D eigenvalue weighted by atomic mass is 9.81. The predicted octanol–water partition coefficient (Wildman–Crippen LogP) is 15.5. The van der Waals surface area contributed by atoms with Crippen molar-refractivity contribution in [3.8, 4) is 44.5 Å². The van der Waals surface area contributed by atoms with Gasteiger partial charge in [0, 0.05) is 16.2 Å². The van der Waals surface area contributed by atoms with Gasteiger partial charge in [0.1, 0.15) is 11.2 Å². The second kappa shape index (κ2) is 11.5. The van der Waals surface area contributed by atoms with E-state index in [9.17, 15) is 0 Å². The van der Waals surface area contributed by atoms with E-state index < -0.39 is 0 Å². The quantitative estimate of drug-likeness (QED) is 0.166. The molecule has 11 aromatic rings. The summed E-state index contributed by atoms with van der Waals surface area (Å²) in [5, 5.41) is 12.4. The predicted molar refractivity (Wildman–Crippen MR) is 238 cm³/mol. The minimum absolute atomic E-state index is 0.110. The smallest absolute Gasteiger partial charge is 0.136 e. The van der Waals surface area contributed by atoms with Gasteiger partial charge in [0.2, 0.25) is 0 Å². The first-order chi connectivity index (χ1) is 27.5. The van der Waals surface area contributed by atoms with Gasteiger partial charge in [-0.2, -0.15) is 0 Å². The summed E-state index contributed by atoms with van der Waals surface area (Å²) in [4.78, 5) is 0. The minimum Gasteiger partial charge on any atom is -0.456 e. The van der Waals surface area contributed by atoms with Gasteiger partial charge in [0.05, 0.1) is 0 Å². The minimum atomic E-state index is -0.110. The van der Waals surface area contributed by atoms with Gasteiger partial charge in [0.15, 0.2) is 0 Å². The van der Waals surface area contributed by atoms with Gasteiger partial charge in [-0.3, -0.25) is 0 Å². The van der Waals surface area contributed by atoms with Crippen LogP contribution in [0, 0.1) is 0 Å². The third-order valence-corrected chi connectivity index (χ3v) is 12.6. The molecule has 0 saturated heterocycles. The van der Waals surface area contributed by atoms with Crippen LogP contribution < -0.4 is 0 Å². The van der Waals surface area contributed by atoms with Gasteiger partial charge < -0.3 is 4.42 Å². The number of benzene rings is 10. The number of furan rings is 1. The number of rotatable bonds is 3. The van der Waals surface area contributed by atoms with Crippen LogP contribution in [0.4, 0.5) is 0 Å². The van der Waals surface area contributed by atoms with Crippen molar-refractivity contribution in [2.24, 2.45) is 0 Å². The lowest BCUT2D eigenvalue weighted by molar-refractivity contribution is 0.658. The maximum Gasteiger partial charge on any atom is 0.136 e. The summed E-state index contributed by atoms with van der Waals surface area (Å²) in [5.41, 5.74) is 14.4. The van der Waals surface area contributed by atoms with Crippen molar-refractivity contribution >= 4 is 65.0 Å². The molecule has 1 heteroatoms. The van der Waals surface area contributed by atoms with E-state index in [1.807, 2.05) is 0 Å². The molecule has 1 heterocycles. The number of fused-ring (bicyclic) bond motifs is 11. The second-order valence-electron chi connectivity index (χ2n) is 16.0. The fourth-order valence-corrected chi connectivity index (χ4v) is 9.90. The first-order valence-corrected chi connectivity index (χ1v) is 19.6. The Labute approximate surface area is 325 Å². The Morgan fingerprint density at radius 2 is 0.875 bits per heavy atom. The van der Waals surface area contributed by atoms with Crippen LogP contribution >= 0.6 is 0 Å². The highest BCUT2D eigenvalue weighted by atomic mass is 16.3. The molecular weight excluding hydrogens is 677 g/mol. The van der Waals surface area contributed by atoms with Gasteiger partial charge in [-0.15, -0.1) is 0 Å². The maximum atomic E-state index is 6.83. The van der Waals surface area contributed by atoms with Crippen molar-refractivity contribution in [1.82, 2.24) is 0 Å². The zero-order chi connectivity index (χ0) is 37.1. The molecule has 0 fully saturated rings. The normalized spacial score (nSPS) is 13.3. The number of hydrogen-bond donors (Lipinski definition) is 0. The molecule has 0 atom stereocenters. The standard InChI is InChI=1S/C55H36O/c1-55(2)48-27-25-34-13-5-6-17-40(34)54(48)47-32-51-46(31-49(47)55)41-26-24-39(30-50(41)56-51)53-44-20-9-7-18-42(44)52(43-19-8-10-21-45(43)53)38-16-11-15-36(29-38)37-23-22-33-12-3-4-14-35(33)28-37/h3-32H,1-2H3. The fourth-order valence-electron chi connectivity index (χ4n) is 9.90. The molecule has 12 rings (SSSR count). The summed E-state index contributed by atoms with van der Waals surface area (Å²) < 4.78 is 6.83. The van der Waals surface area contributed by atoms with Gasteiger partial charge in [-0.1, -0.05) is 159 Å².